The Labute approximate surface area is 202 Å². The monoisotopic (exact) mass is 485 g/mol. The Hall–Kier alpha value is -3.60. The van der Waals surface area contributed by atoms with Gasteiger partial charge < -0.3 is 37.0 Å². The number of hydrogen-bond acceptors (Lipinski definition) is 8. The van der Waals surface area contributed by atoms with Crippen molar-refractivity contribution in [3.05, 3.63) is 76.2 Å². The van der Waals surface area contributed by atoms with E-state index in [4.69, 9.17) is 28.3 Å². The fourth-order valence-corrected chi connectivity index (χ4v) is 3.70. The van der Waals surface area contributed by atoms with Crippen LogP contribution < -0.4 is 22.1 Å². The Morgan fingerprint density at radius 1 is 1.24 bits per heavy atom. The van der Waals surface area contributed by atoms with Crippen molar-refractivity contribution in [1.82, 2.24) is 14.9 Å². The molecule has 1 heterocycles. The summed E-state index contributed by atoms with van der Waals surface area (Å²) in [5.74, 6) is 0.0139. The molecule has 0 bridgehead atoms. The molecule has 0 aliphatic rings. The highest BCUT2D eigenvalue weighted by molar-refractivity contribution is 6.32. The van der Waals surface area contributed by atoms with Crippen LogP contribution in [-0.4, -0.2) is 50.7 Å². The summed E-state index contributed by atoms with van der Waals surface area (Å²) in [4.78, 5) is 17.4. The van der Waals surface area contributed by atoms with Crippen molar-refractivity contribution in [2.24, 2.45) is 16.6 Å². The van der Waals surface area contributed by atoms with Crippen LogP contribution in [0.5, 0.6) is 5.75 Å². The lowest BCUT2D eigenvalue weighted by Gasteiger charge is -2.25. The zero-order valence-electron chi connectivity index (χ0n) is 18.7. The minimum Gasteiger partial charge on any atom is -0.506 e. The van der Waals surface area contributed by atoms with Gasteiger partial charge in [-0.1, -0.05) is 53.2 Å². The number of carbonyl (C=O) groups is 1. The number of oxime groups is 1. The lowest BCUT2D eigenvalue weighted by Crippen LogP contribution is -2.56. The molecule has 0 fully saturated rings. The zero-order valence-corrected chi connectivity index (χ0v) is 19.5. The first-order valence-corrected chi connectivity index (χ1v) is 11.0. The summed E-state index contributed by atoms with van der Waals surface area (Å²) >= 11 is 6.04. The molecule has 0 unspecified atom stereocenters. The van der Waals surface area contributed by atoms with Crippen molar-refractivity contribution in [2.75, 3.05) is 18.4 Å². The average Bonchev–Trinajstić information content (AvgIpc) is 3.13. The summed E-state index contributed by atoms with van der Waals surface area (Å²) in [6.45, 7) is 2.48. The highest BCUT2D eigenvalue weighted by atomic mass is 35.5. The molecule has 180 valence electrons. The molecule has 10 nitrogen and oxygen atoms in total. The number of nitrogens with one attached hydrogen (secondary N) is 2. The SMILES string of the molecule is CCNC(=O)c1c(NCC(N)(N)Cc2ccccc2)nc(/C=N/O)n1Cc1ccc(O)c(Cl)c1. The third-order valence-electron chi connectivity index (χ3n) is 5.04. The number of phenols is 1. The molecular weight excluding hydrogens is 458 g/mol. The number of carbonyl (C=O) groups excluding carboxylic acids is 1. The third kappa shape index (κ3) is 6.25. The summed E-state index contributed by atoms with van der Waals surface area (Å²) < 4.78 is 1.57. The highest BCUT2D eigenvalue weighted by Gasteiger charge is 2.26. The van der Waals surface area contributed by atoms with E-state index in [9.17, 15) is 9.90 Å². The third-order valence-corrected chi connectivity index (χ3v) is 5.34. The fourth-order valence-electron chi connectivity index (χ4n) is 3.50. The first kappa shape index (κ1) is 25.0. The lowest BCUT2D eigenvalue weighted by atomic mass is 10.0. The van der Waals surface area contributed by atoms with Crippen LogP contribution in [-0.2, 0) is 13.0 Å². The van der Waals surface area contributed by atoms with Crippen molar-refractivity contribution < 1.29 is 15.1 Å². The molecule has 0 aliphatic heterocycles. The number of nitrogens with two attached hydrogens (primary N) is 2. The average molecular weight is 486 g/mol. The Bertz CT molecular complexity index is 1160. The van der Waals surface area contributed by atoms with E-state index in [-0.39, 0.29) is 47.1 Å². The van der Waals surface area contributed by atoms with E-state index in [1.165, 1.54) is 6.07 Å². The van der Waals surface area contributed by atoms with Crippen molar-refractivity contribution in [2.45, 2.75) is 25.6 Å². The quantitative estimate of drug-likeness (QED) is 0.111. The molecule has 3 rings (SSSR count). The van der Waals surface area contributed by atoms with Gasteiger partial charge in [0.1, 0.15) is 12.0 Å². The van der Waals surface area contributed by atoms with E-state index in [1.54, 1.807) is 23.6 Å². The lowest BCUT2D eigenvalue weighted by molar-refractivity contribution is 0.0947. The topological polar surface area (TPSA) is 164 Å². The van der Waals surface area contributed by atoms with E-state index < -0.39 is 5.66 Å². The molecule has 0 saturated carbocycles. The maximum absolute atomic E-state index is 13.0. The van der Waals surface area contributed by atoms with Gasteiger partial charge in [-0.2, -0.15) is 0 Å². The first-order valence-electron chi connectivity index (χ1n) is 10.6. The number of aromatic hydroxyl groups is 1. The standard InChI is InChI=1S/C23H28ClN7O3/c1-2-27-22(33)20-21(28-14-23(25,26)11-15-6-4-3-5-7-15)30-19(12-29-34)31(20)13-16-8-9-18(32)17(24)10-16/h3-10,12,28,32,34H,2,11,13-14,25-26H2,1H3,(H,27,33)/b29-12+. The largest absolute Gasteiger partial charge is 0.506 e. The number of phenolic OH excluding ortho intramolecular Hbond substituents is 1. The minimum atomic E-state index is -1.13. The van der Waals surface area contributed by atoms with Crippen molar-refractivity contribution in [3.8, 4) is 5.75 Å². The number of hydrogen-bond donors (Lipinski definition) is 6. The Kier molecular flexibility index (Phi) is 8.11. The Morgan fingerprint density at radius 3 is 2.62 bits per heavy atom. The number of anilines is 1. The van der Waals surface area contributed by atoms with E-state index in [2.05, 4.69) is 20.8 Å². The molecule has 0 aliphatic carbocycles. The maximum Gasteiger partial charge on any atom is 0.271 e. The summed E-state index contributed by atoms with van der Waals surface area (Å²) in [5, 5.41) is 28.0. The van der Waals surface area contributed by atoms with Crippen LogP contribution in [0.3, 0.4) is 0 Å². The van der Waals surface area contributed by atoms with E-state index >= 15 is 0 Å². The number of amides is 1. The second-order valence-electron chi connectivity index (χ2n) is 7.89. The summed E-state index contributed by atoms with van der Waals surface area (Å²) in [6, 6.07) is 14.3. The van der Waals surface area contributed by atoms with Gasteiger partial charge in [0.15, 0.2) is 17.3 Å². The predicted molar refractivity (Wildman–Crippen MR) is 132 cm³/mol. The first-order chi connectivity index (χ1) is 16.2. The van der Waals surface area contributed by atoms with Crippen LogP contribution in [0.2, 0.25) is 5.02 Å². The zero-order chi connectivity index (χ0) is 24.7. The minimum absolute atomic E-state index is 0.0554. The summed E-state index contributed by atoms with van der Waals surface area (Å²) in [6.07, 6.45) is 1.52. The molecule has 0 radical (unpaired) electrons. The number of benzene rings is 2. The van der Waals surface area contributed by atoms with E-state index in [0.717, 1.165) is 11.8 Å². The van der Waals surface area contributed by atoms with Gasteiger partial charge in [0.25, 0.3) is 5.91 Å². The molecule has 34 heavy (non-hydrogen) atoms. The van der Waals surface area contributed by atoms with Gasteiger partial charge in [-0.25, -0.2) is 4.98 Å². The molecule has 2 aromatic carbocycles. The number of nitrogens with zero attached hydrogens (tertiary/aromatic N) is 3. The number of aromatic nitrogens is 2. The van der Waals surface area contributed by atoms with E-state index in [1.807, 2.05) is 30.3 Å². The van der Waals surface area contributed by atoms with Crippen molar-refractivity contribution >= 4 is 29.5 Å². The maximum atomic E-state index is 13.0. The van der Waals surface area contributed by atoms with Gasteiger partial charge in [0, 0.05) is 19.5 Å². The molecule has 11 heteroatoms. The number of rotatable bonds is 10. The van der Waals surface area contributed by atoms with Crippen molar-refractivity contribution in [3.63, 3.8) is 0 Å². The van der Waals surface area contributed by atoms with Gasteiger partial charge in [-0.15, -0.1) is 0 Å². The van der Waals surface area contributed by atoms with Crippen LogP contribution in [0, 0.1) is 0 Å². The second-order valence-corrected chi connectivity index (χ2v) is 8.30. The van der Waals surface area contributed by atoms with Crippen LogP contribution in [0.15, 0.2) is 53.7 Å². The molecule has 1 aromatic heterocycles. The highest BCUT2D eigenvalue weighted by Crippen LogP contribution is 2.26. The summed E-state index contributed by atoms with van der Waals surface area (Å²) in [7, 11) is 0. The van der Waals surface area contributed by atoms with Crippen molar-refractivity contribution in [1.29, 1.82) is 0 Å². The number of halogens is 1. The normalized spacial score (nSPS) is 11.6. The molecule has 1 amide bonds. The van der Waals surface area contributed by atoms with Crippen LogP contribution in [0.4, 0.5) is 5.82 Å². The summed E-state index contributed by atoms with van der Waals surface area (Å²) in [5.41, 5.74) is 13.4. The molecule has 0 spiro atoms. The smallest absolute Gasteiger partial charge is 0.271 e. The van der Waals surface area contributed by atoms with Gasteiger partial charge in [-0.05, 0) is 30.2 Å². The fraction of sp³-hybridized carbons (Fsp3) is 0.261. The van der Waals surface area contributed by atoms with Crippen LogP contribution in [0.25, 0.3) is 0 Å². The molecule has 0 saturated heterocycles. The predicted octanol–water partition coefficient (Wildman–Crippen LogP) is 2.12. The van der Waals surface area contributed by atoms with Crippen LogP contribution in [0.1, 0.15) is 34.4 Å². The molecule has 0 atom stereocenters. The molecular formula is C23H28ClN7O3. The molecule has 3 aromatic rings. The second kappa shape index (κ2) is 11.0. The Balaban J connectivity index is 1.94. The van der Waals surface area contributed by atoms with Gasteiger partial charge in [0.2, 0.25) is 0 Å². The van der Waals surface area contributed by atoms with Crippen LogP contribution >= 0.6 is 11.6 Å². The van der Waals surface area contributed by atoms with E-state index in [0.29, 0.717) is 18.5 Å². The van der Waals surface area contributed by atoms with Gasteiger partial charge in [0.05, 0.1) is 17.2 Å². The Morgan fingerprint density at radius 2 is 1.97 bits per heavy atom. The molecule has 8 N–H and O–H groups in total. The number of imidazole rings is 1. The van der Waals surface area contributed by atoms with Gasteiger partial charge in [-0.3, -0.25) is 4.79 Å². The van der Waals surface area contributed by atoms with Gasteiger partial charge >= 0.3 is 0 Å².